The van der Waals surface area contributed by atoms with Crippen LogP contribution in [0, 0.1) is 10.1 Å². The number of rotatable bonds is 7. The van der Waals surface area contributed by atoms with E-state index in [2.05, 4.69) is 5.32 Å². The van der Waals surface area contributed by atoms with Gasteiger partial charge in [0.25, 0.3) is 11.6 Å². The lowest BCUT2D eigenvalue weighted by molar-refractivity contribution is -0.384. The van der Waals surface area contributed by atoms with Crippen molar-refractivity contribution in [3.8, 4) is 0 Å². The van der Waals surface area contributed by atoms with E-state index >= 15 is 0 Å². The van der Waals surface area contributed by atoms with Gasteiger partial charge in [-0.25, -0.2) is 0 Å². The molecule has 8 nitrogen and oxygen atoms in total. The molecule has 0 saturated carbocycles. The standard InChI is InChI=1S/C21H23ClN4O4/c1-3-4-20(27)23-15-9-16(24(2)13-15)6-8-21(28)25-12-14(11-22)18-7-5-17(26(29)30)10-19(18)25/h5-10,13-14H,3-4,11-12H2,1-2H3,(H,23,27). The van der Waals surface area contributed by atoms with Gasteiger partial charge >= 0.3 is 0 Å². The molecule has 2 heterocycles. The average Bonchev–Trinajstić information content (AvgIpc) is 3.25. The fourth-order valence-electron chi connectivity index (χ4n) is 3.50. The van der Waals surface area contributed by atoms with Crippen molar-refractivity contribution in [2.45, 2.75) is 25.7 Å². The molecular weight excluding hydrogens is 408 g/mol. The molecule has 1 aromatic heterocycles. The first-order valence-electron chi connectivity index (χ1n) is 9.64. The number of aryl methyl sites for hydroxylation is 1. The van der Waals surface area contributed by atoms with Gasteiger partial charge in [-0.05, 0) is 30.2 Å². The zero-order valence-electron chi connectivity index (χ0n) is 16.8. The molecule has 0 radical (unpaired) electrons. The second-order valence-electron chi connectivity index (χ2n) is 7.20. The number of carbonyl (C=O) groups excluding carboxylic acids is 2. The van der Waals surface area contributed by atoms with Gasteiger partial charge in [0.05, 0.1) is 16.3 Å². The van der Waals surface area contributed by atoms with Crippen LogP contribution in [0.25, 0.3) is 6.08 Å². The maximum absolute atomic E-state index is 12.9. The molecule has 1 aliphatic heterocycles. The lowest BCUT2D eigenvalue weighted by atomic mass is 10.0. The van der Waals surface area contributed by atoms with Gasteiger partial charge in [-0.15, -0.1) is 11.6 Å². The maximum atomic E-state index is 12.9. The van der Waals surface area contributed by atoms with Crippen LogP contribution in [0.4, 0.5) is 17.1 Å². The van der Waals surface area contributed by atoms with E-state index in [4.69, 9.17) is 11.6 Å². The fraction of sp³-hybridized carbons (Fsp3) is 0.333. The number of benzene rings is 1. The summed E-state index contributed by atoms with van der Waals surface area (Å²) in [6, 6.07) is 6.29. The number of nitro groups is 1. The number of halogens is 1. The van der Waals surface area contributed by atoms with Crippen molar-refractivity contribution in [2.75, 3.05) is 22.6 Å². The molecular formula is C21H23ClN4O4. The quantitative estimate of drug-likeness (QED) is 0.310. The number of nitrogens with zero attached hydrogens (tertiary/aromatic N) is 3. The molecule has 2 aromatic rings. The van der Waals surface area contributed by atoms with Crippen LogP contribution in [0.3, 0.4) is 0 Å². The first kappa shape index (κ1) is 21.6. The minimum atomic E-state index is -0.481. The van der Waals surface area contributed by atoms with Gasteiger partial charge in [0.15, 0.2) is 0 Å². The van der Waals surface area contributed by atoms with E-state index < -0.39 is 4.92 Å². The highest BCUT2D eigenvalue weighted by molar-refractivity contribution is 6.18. The van der Waals surface area contributed by atoms with Crippen molar-refractivity contribution in [2.24, 2.45) is 7.05 Å². The SMILES string of the molecule is CCCC(=O)Nc1cc(C=CC(=O)N2CC(CCl)c3ccc([N+](=O)[O-])cc32)n(C)c1. The Hall–Kier alpha value is -3.13. The molecule has 1 aliphatic rings. The van der Waals surface area contributed by atoms with Crippen LogP contribution < -0.4 is 10.2 Å². The van der Waals surface area contributed by atoms with Crippen molar-refractivity contribution in [3.05, 3.63) is 57.9 Å². The van der Waals surface area contributed by atoms with E-state index in [9.17, 15) is 19.7 Å². The summed E-state index contributed by atoms with van der Waals surface area (Å²) < 4.78 is 1.80. The monoisotopic (exact) mass is 430 g/mol. The normalized spacial score (nSPS) is 15.4. The lowest BCUT2D eigenvalue weighted by Gasteiger charge is -2.15. The number of carbonyl (C=O) groups is 2. The van der Waals surface area contributed by atoms with Crippen LogP contribution >= 0.6 is 11.6 Å². The Labute approximate surface area is 179 Å². The summed E-state index contributed by atoms with van der Waals surface area (Å²) in [6.07, 6.45) is 6.06. The van der Waals surface area contributed by atoms with E-state index in [1.54, 1.807) is 29.0 Å². The van der Waals surface area contributed by atoms with Crippen molar-refractivity contribution >= 4 is 46.6 Å². The third-order valence-corrected chi connectivity index (χ3v) is 5.38. The Balaban J connectivity index is 1.79. The average molecular weight is 431 g/mol. The largest absolute Gasteiger partial charge is 0.349 e. The van der Waals surface area contributed by atoms with Crippen molar-refractivity contribution in [1.82, 2.24) is 4.57 Å². The van der Waals surface area contributed by atoms with Gasteiger partial charge in [0, 0.05) is 61.9 Å². The number of amides is 2. The second kappa shape index (κ2) is 9.13. The van der Waals surface area contributed by atoms with E-state index in [0.29, 0.717) is 30.2 Å². The molecule has 2 amide bonds. The van der Waals surface area contributed by atoms with E-state index in [-0.39, 0.29) is 23.4 Å². The molecule has 0 aliphatic carbocycles. The van der Waals surface area contributed by atoms with Crippen LogP contribution in [0.1, 0.15) is 36.9 Å². The predicted octanol–water partition coefficient (Wildman–Crippen LogP) is 4.05. The Morgan fingerprint density at radius 1 is 1.37 bits per heavy atom. The molecule has 0 saturated heterocycles. The zero-order chi connectivity index (χ0) is 21.8. The molecule has 1 atom stereocenters. The zero-order valence-corrected chi connectivity index (χ0v) is 17.6. The topological polar surface area (TPSA) is 97.5 Å². The Kier molecular flexibility index (Phi) is 6.56. The lowest BCUT2D eigenvalue weighted by Crippen LogP contribution is -2.28. The second-order valence-corrected chi connectivity index (χ2v) is 7.50. The number of nitrogens with one attached hydrogen (secondary N) is 1. The van der Waals surface area contributed by atoms with Gasteiger partial charge in [-0.2, -0.15) is 0 Å². The number of alkyl halides is 1. The molecule has 1 unspecified atom stereocenters. The molecule has 1 N–H and O–H groups in total. The highest BCUT2D eigenvalue weighted by atomic mass is 35.5. The molecule has 0 fully saturated rings. The summed E-state index contributed by atoms with van der Waals surface area (Å²) in [5.74, 6) is -0.105. The molecule has 1 aromatic carbocycles. The summed E-state index contributed by atoms with van der Waals surface area (Å²) in [5.41, 5.74) is 2.68. The Morgan fingerprint density at radius 3 is 2.80 bits per heavy atom. The molecule has 0 spiro atoms. The van der Waals surface area contributed by atoms with Gasteiger partial charge in [-0.1, -0.05) is 6.92 Å². The van der Waals surface area contributed by atoms with E-state index in [1.807, 2.05) is 14.0 Å². The minimum absolute atomic E-state index is 0.0582. The van der Waals surface area contributed by atoms with E-state index in [0.717, 1.165) is 17.7 Å². The number of hydrogen-bond donors (Lipinski definition) is 1. The summed E-state index contributed by atoms with van der Waals surface area (Å²) in [7, 11) is 1.82. The predicted molar refractivity (Wildman–Crippen MR) is 117 cm³/mol. The van der Waals surface area contributed by atoms with Crippen molar-refractivity contribution in [1.29, 1.82) is 0 Å². The van der Waals surface area contributed by atoms with Gasteiger partial charge in [-0.3, -0.25) is 19.7 Å². The molecule has 0 bridgehead atoms. The number of fused-ring (bicyclic) bond motifs is 1. The fourth-order valence-corrected chi connectivity index (χ4v) is 3.76. The number of hydrogen-bond acceptors (Lipinski definition) is 4. The number of nitro benzene ring substituents is 1. The van der Waals surface area contributed by atoms with Gasteiger partial charge in [0.1, 0.15) is 0 Å². The van der Waals surface area contributed by atoms with Crippen LogP contribution in [0.2, 0.25) is 0 Å². The molecule has 9 heteroatoms. The smallest absolute Gasteiger partial charge is 0.271 e. The summed E-state index contributed by atoms with van der Waals surface area (Å²) >= 11 is 6.04. The summed E-state index contributed by atoms with van der Waals surface area (Å²) in [6.45, 7) is 2.30. The third-order valence-electron chi connectivity index (χ3n) is 5.01. The highest BCUT2D eigenvalue weighted by Gasteiger charge is 2.32. The molecule has 30 heavy (non-hydrogen) atoms. The molecule has 3 rings (SSSR count). The highest BCUT2D eigenvalue weighted by Crippen LogP contribution is 2.39. The summed E-state index contributed by atoms with van der Waals surface area (Å²) in [4.78, 5) is 36.8. The maximum Gasteiger partial charge on any atom is 0.271 e. The summed E-state index contributed by atoms with van der Waals surface area (Å²) in [5, 5.41) is 13.9. The Bertz CT molecular complexity index is 1010. The number of non-ortho nitro benzene ring substituents is 1. The third kappa shape index (κ3) is 4.54. The first-order valence-corrected chi connectivity index (χ1v) is 10.2. The van der Waals surface area contributed by atoms with Crippen LogP contribution in [0.15, 0.2) is 36.5 Å². The number of anilines is 2. The van der Waals surface area contributed by atoms with Crippen LogP contribution in [-0.4, -0.2) is 33.7 Å². The van der Waals surface area contributed by atoms with Crippen molar-refractivity contribution in [3.63, 3.8) is 0 Å². The first-order chi connectivity index (χ1) is 14.3. The minimum Gasteiger partial charge on any atom is -0.349 e. The van der Waals surface area contributed by atoms with Gasteiger partial charge in [0.2, 0.25) is 5.91 Å². The van der Waals surface area contributed by atoms with Crippen LogP contribution in [0.5, 0.6) is 0 Å². The van der Waals surface area contributed by atoms with Gasteiger partial charge < -0.3 is 14.8 Å². The number of aromatic nitrogens is 1. The van der Waals surface area contributed by atoms with Crippen molar-refractivity contribution < 1.29 is 14.5 Å². The Morgan fingerprint density at radius 2 is 2.13 bits per heavy atom. The van der Waals surface area contributed by atoms with E-state index in [1.165, 1.54) is 23.1 Å². The molecule has 158 valence electrons. The van der Waals surface area contributed by atoms with Crippen LogP contribution in [-0.2, 0) is 16.6 Å².